The van der Waals surface area contributed by atoms with Crippen molar-refractivity contribution in [3.63, 3.8) is 0 Å². The minimum atomic E-state index is -0.745. The van der Waals surface area contributed by atoms with Gasteiger partial charge >= 0.3 is 5.97 Å². The van der Waals surface area contributed by atoms with Crippen LogP contribution in [-0.4, -0.2) is 24.2 Å². The zero-order valence-electron chi connectivity index (χ0n) is 10.2. The third-order valence-electron chi connectivity index (χ3n) is 2.18. The second-order valence-electron chi connectivity index (χ2n) is 3.63. The van der Waals surface area contributed by atoms with Crippen LogP contribution in [0.3, 0.4) is 0 Å². The van der Waals surface area contributed by atoms with E-state index >= 15 is 0 Å². The first-order chi connectivity index (χ1) is 7.60. The maximum absolute atomic E-state index is 9.37. The first kappa shape index (κ1) is 14.6. The highest BCUT2D eigenvalue weighted by atomic mass is 16.4. The number of hydrogen-bond acceptors (Lipinski definition) is 2. The molecule has 0 aliphatic rings. The summed E-state index contributed by atoms with van der Waals surface area (Å²) < 4.78 is 0. The SMILES string of the molecule is CCC(=O)O.CNC(C)Cc1ccccc1. The number of carboxylic acid groups (broad SMARTS) is 1. The molecule has 1 aromatic carbocycles. The van der Waals surface area contributed by atoms with Crippen molar-refractivity contribution in [2.75, 3.05) is 7.05 Å². The number of aliphatic carboxylic acids is 1. The number of carboxylic acids is 1. The quantitative estimate of drug-likeness (QED) is 0.823. The molecule has 16 heavy (non-hydrogen) atoms. The van der Waals surface area contributed by atoms with Gasteiger partial charge in [-0.2, -0.15) is 0 Å². The Kier molecular flexibility index (Phi) is 8.17. The smallest absolute Gasteiger partial charge is 0.303 e. The first-order valence-corrected chi connectivity index (χ1v) is 5.53. The predicted molar refractivity (Wildman–Crippen MR) is 66.6 cm³/mol. The van der Waals surface area contributed by atoms with Crippen LogP contribution in [-0.2, 0) is 11.2 Å². The standard InChI is InChI=1S/C10H15N.C3H6O2/c1-9(11-2)8-10-6-4-3-5-7-10;1-2-3(4)5/h3-7,9,11H,8H2,1-2H3;2H2,1H3,(H,4,5). The molecule has 1 atom stereocenters. The lowest BCUT2D eigenvalue weighted by Crippen LogP contribution is -2.23. The van der Waals surface area contributed by atoms with Crippen LogP contribution < -0.4 is 5.32 Å². The minimum absolute atomic E-state index is 0.222. The molecule has 0 saturated carbocycles. The van der Waals surface area contributed by atoms with E-state index in [0.29, 0.717) is 6.04 Å². The van der Waals surface area contributed by atoms with Crippen molar-refractivity contribution in [2.24, 2.45) is 0 Å². The Labute approximate surface area is 97.5 Å². The van der Waals surface area contributed by atoms with Crippen molar-refractivity contribution in [1.82, 2.24) is 5.32 Å². The summed E-state index contributed by atoms with van der Waals surface area (Å²) in [5, 5.41) is 10.9. The van der Waals surface area contributed by atoms with Crippen LogP contribution in [0, 0.1) is 0 Å². The molecule has 1 rings (SSSR count). The summed E-state index contributed by atoms with van der Waals surface area (Å²) in [6.45, 7) is 3.79. The fourth-order valence-corrected chi connectivity index (χ4v) is 1.07. The number of rotatable bonds is 4. The van der Waals surface area contributed by atoms with Crippen LogP contribution in [0.25, 0.3) is 0 Å². The van der Waals surface area contributed by atoms with E-state index < -0.39 is 5.97 Å². The molecule has 0 aromatic heterocycles. The molecule has 0 heterocycles. The van der Waals surface area contributed by atoms with Crippen molar-refractivity contribution in [2.45, 2.75) is 32.7 Å². The van der Waals surface area contributed by atoms with Gasteiger partial charge in [-0.3, -0.25) is 4.79 Å². The lowest BCUT2D eigenvalue weighted by atomic mass is 10.1. The predicted octanol–water partition coefficient (Wildman–Crippen LogP) is 2.32. The Bertz CT molecular complexity index is 285. The molecule has 2 N–H and O–H groups in total. The van der Waals surface area contributed by atoms with Crippen LogP contribution in [0.4, 0.5) is 0 Å². The summed E-state index contributed by atoms with van der Waals surface area (Å²) in [6, 6.07) is 11.1. The number of nitrogens with one attached hydrogen (secondary N) is 1. The van der Waals surface area contributed by atoms with Crippen LogP contribution in [0.15, 0.2) is 30.3 Å². The van der Waals surface area contributed by atoms with Crippen molar-refractivity contribution >= 4 is 5.97 Å². The molecule has 3 heteroatoms. The maximum atomic E-state index is 9.37. The van der Waals surface area contributed by atoms with Gasteiger partial charge in [0.15, 0.2) is 0 Å². The lowest BCUT2D eigenvalue weighted by molar-refractivity contribution is -0.136. The van der Waals surface area contributed by atoms with E-state index in [4.69, 9.17) is 5.11 Å². The zero-order valence-corrected chi connectivity index (χ0v) is 10.2. The van der Waals surface area contributed by atoms with Gasteiger partial charge in [-0.05, 0) is 26.0 Å². The Morgan fingerprint density at radius 2 is 1.88 bits per heavy atom. The van der Waals surface area contributed by atoms with Crippen molar-refractivity contribution in [3.05, 3.63) is 35.9 Å². The molecule has 0 bridgehead atoms. The summed E-state index contributed by atoms with van der Waals surface area (Å²) in [4.78, 5) is 9.37. The molecule has 0 fully saturated rings. The van der Waals surface area contributed by atoms with Gasteiger partial charge in [0.1, 0.15) is 0 Å². The van der Waals surface area contributed by atoms with Gasteiger partial charge in [0.05, 0.1) is 0 Å². The van der Waals surface area contributed by atoms with Gasteiger partial charge in [-0.1, -0.05) is 37.3 Å². The van der Waals surface area contributed by atoms with E-state index in [-0.39, 0.29) is 6.42 Å². The average molecular weight is 223 g/mol. The molecule has 0 amide bonds. The largest absolute Gasteiger partial charge is 0.481 e. The minimum Gasteiger partial charge on any atom is -0.481 e. The van der Waals surface area contributed by atoms with Gasteiger partial charge in [0.2, 0.25) is 0 Å². The summed E-state index contributed by atoms with van der Waals surface area (Å²) in [5.41, 5.74) is 1.40. The first-order valence-electron chi connectivity index (χ1n) is 5.53. The van der Waals surface area contributed by atoms with Gasteiger partial charge in [0.25, 0.3) is 0 Å². The van der Waals surface area contributed by atoms with Crippen LogP contribution in [0.1, 0.15) is 25.8 Å². The van der Waals surface area contributed by atoms with Crippen LogP contribution >= 0.6 is 0 Å². The maximum Gasteiger partial charge on any atom is 0.303 e. The Hall–Kier alpha value is -1.35. The summed E-state index contributed by atoms with van der Waals surface area (Å²) in [7, 11) is 1.99. The second-order valence-corrected chi connectivity index (χ2v) is 3.63. The van der Waals surface area contributed by atoms with Gasteiger partial charge in [0, 0.05) is 12.5 Å². The molecule has 0 radical (unpaired) electrons. The molecular weight excluding hydrogens is 202 g/mol. The number of likely N-dealkylation sites (N-methyl/N-ethyl adjacent to an activating group) is 1. The molecule has 90 valence electrons. The molecule has 0 spiro atoms. The molecule has 3 nitrogen and oxygen atoms in total. The van der Waals surface area contributed by atoms with E-state index in [9.17, 15) is 4.79 Å². The highest BCUT2D eigenvalue weighted by Gasteiger charge is 1.97. The molecular formula is C13H21NO2. The third kappa shape index (κ3) is 8.00. The zero-order chi connectivity index (χ0) is 12.4. The third-order valence-corrected chi connectivity index (χ3v) is 2.18. The molecule has 0 aliphatic heterocycles. The van der Waals surface area contributed by atoms with E-state index in [2.05, 4.69) is 36.5 Å². The van der Waals surface area contributed by atoms with E-state index in [0.717, 1.165) is 6.42 Å². The van der Waals surface area contributed by atoms with E-state index in [1.807, 2.05) is 13.1 Å². The fourth-order valence-electron chi connectivity index (χ4n) is 1.07. The number of carbonyl (C=O) groups is 1. The van der Waals surface area contributed by atoms with E-state index in [1.54, 1.807) is 6.92 Å². The molecule has 1 unspecified atom stereocenters. The molecule has 0 aliphatic carbocycles. The number of hydrogen-bond donors (Lipinski definition) is 2. The number of benzene rings is 1. The highest BCUT2D eigenvalue weighted by Crippen LogP contribution is 2.01. The van der Waals surface area contributed by atoms with Gasteiger partial charge in [-0.25, -0.2) is 0 Å². The Balaban J connectivity index is 0.000000385. The summed E-state index contributed by atoms with van der Waals surface area (Å²) >= 11 is 0. The van der Waals surface area contributed by atoms with Crippen molar-refractivity contribution in [3.8, 4) is 0 Å². The Morgan fingerprint density at radius 3 is 2.25 bits per heavy atom. The Morgan fingerprint density at radius 1 is 1.38 bits per heavy atom. The van der Waals surface area contributed by atoms with Gasteiger partial charge in [-0.15, -0.1) is 0 Å². The van der Waals surface area contributed by atoms with Crippen molar-refractivity contribution in [1.29, 1.82) is 0 Å². The van der Waals surface area contributed by atoms with Gasteiger partial charge < -0.3 is 10.4 Å². The van der Waals surface area contributed by atoms with E-state index in [1.165, 1.54) is 5.56 Å². The fraction of sp³-hybridized carbons (Fsp3) is 0.462. The highest BCUT2D eigenvalue weighted by molar-refractivity contribution is 5.66. The normalized spacial score (nSPS) is 11.2. The second kappa shape index (κ2) is 8.92. The summed E-state index contributed by atoms with van der Waals surface area (Å²) in [6.07, 6.45) is 1.33. The van der Waals surface area contributed by atoms with Crippen LogP contribution in [0.2, 0.25) is 0 Å². The molecule has 0 saturated heterocycles. The topological polar surface area (TPSA) is 49.3 Å². The van der Waals surface area contributed by atoms with Crippen molar-refractivity contribution < 1.29 is 9.90 Å². The lowest BCUT2D eigenvalue weighted by Gasteiger charge is -2.08. The molecule has 1 aromatic rings. The monoisotopic (exact) mass is 223 g/mol. The average Bonchev–Trinajstić information content (AvgIpc) is 2.31. The van der Waals surface area contributed by atoms with Crippen LogP contribution in [0.5, 0.6) is 0 Å². The summed E-state index contributed by atoms with van der Waals surface area (Å²) in [5.74, 6) is -0.745.